The van der Waals surface area contributed by atoms with Gasteiger partial charge in [-0.15, -0.1) is 0 Å². The van der Waals surface area contributed by atoms with Crippen LogP contribution >= 0.6 is 11.6 Å². The summed E-state index contributed by atoms with van der Waals surface area (Å²) in [4.78, 5) is 11.2. The summed E-state index contributed by atoms with van der Waals surface area (Å²) in [7, 11) is -2.84. The van der Waals surface area contributed by atoms with Crippen LogP contribution in [-0.2, 0) is 10.0 Å². The van der Waals surface area contributed by atoms with Gasteiger partial charge >= 0.3 is 5.97 Å². The Morgan fingerprint density at radius 3 is 2.34 bits per heavy atom. The van der Waals surface area contributed by atoms with E-state index >= 15 is 0 Å². The number of hydrogen-bond donors (Lipinski definition) is 2. The van der Waals surface area contributed by atoms with Gasteiger partial charge in [0.2, 0.25) is 0 Å². The number of carboxylic acid groups (broad SMARTS) is 1. The highest BCUT2D eigenvalue weighted by molar-refractivity contribution is 7.92. The normalized spacial score (nSPS) is 11.1. The van der Waals surface area contributed by atoms with Crippen molar-refractivity contribution in [2.24, 2.45) is 0 Å². The minimum Gasteiger partial charge on any atom is -0.495 e. The zero-order valence-electron chi connectivity index (χ0n) is 15.6. The molecule has 0 bridgehead atoms. The standard InChI is InChI=1S/C21H18ClNO5S/c1-13-10-16(22)20(21(24)25)19(11-13)29(26,27)23-17-12-15(8-9-18(17)28-2)14-6-4-3-5-7-14/h3-12,23H,1-2H3,(H,24,25). The van der Waals surface area contributed by atoms with Gasteiger partial charge < -0.3 is 9.84 Å². The van der Waals surface area contributed by atoms with Crippen LogP contribution in [0.2, 0.25) is 5.02 Å². The number of nitrogens with one attached hydrogen (secondary N) is 1. The molecular weight excluding hydrogens is 414 g/mol. The number of aryl methyl sites for hydroxylation is 1. The zero-order chi connectivity index (χ0) is 21.2. The van der Waals surface area contributed by atoms with Crippen LogP contribution < -0.4 is 9.46 Å². The van der Waals surface area contributed by atoms with Gasteiger partial charge in [0.05, 0.1) is 23.4 Å². The molecule has 2 N–H and O–H groups in total. The van der Waals surface area contributed by atoms with E-state index in [2.05, 4.69) is 4.72 Å². The lowest BCUT2D eigenvalue weighted by Gasteiger charge is -2.16. The number of carbonyl (C=O) groups is 1. The van der Waals surface area contributed by atoms with E-state index in [-0.39, 0.29) is 10.7 Å². The summed E-state index contributed by atoms with van der Waals surface area (Å²) in [5.74, 6) is -1.13. The van der Waals surface area contributed by atoms with E-state index in [0.717, 1.165) is 11.1 Å². The van der Waals surface area contributed by atoms with Crippen LogP contribution in [0.3, 0.4) is 0 Å². The van der Waals surface area contributed by atoms with E-state index in [1.54, 1.807) is 25.1 Å². The van der Waals surface area contributed by atoms with Gasteiger partial charge in [-0.3, -0.25) is 4.72 Å². The molecule has 3 aromatic carbocycles. The lowest BCUT2D eigenvalue weighted by Crippen LogP contribution is -2.18. The Kier molecular flexibility index (Phi) is 5.81. The smallest absolute Gasteiger partial charge is 0.338 e. The van der Waals surface area contributed by atoms with E-state index in [0.29, 0.717) is 11.3 Å². The van der Waals surface area contributed by atoms with Gasteiger partial charge in [-0.25, -0.2) is 13.2 Å². The SMILES string of the molecule is COc1ccc(-c2ccccc2)cc1NS(=O)(=O)c1cc(C)cc(Cl)c1C(=O)O. The summed E-state index contributed by atoms with van der Waals surface area (Å²) in [6, 6.07) is 17.2. The van der Waals surface area contributed by atoms with Crippen LogP contribution in [0.4, 0.5) is 5.69 Å². The van der Waals surface area contributed by atoms with Crippen molar-refractivity contribution in [1.29, 1.82) is 0 Å². The number of halogens is 1. The molecule has 0 aromatic heterocycles. The molecule has 0 unspecified atom stereocenters. The molecule has 29 heavy (non-hydrogen) atoms. The van der Waals surface area contributed by atoms with Gasteiger partial charge in [0.1, 0.15) is 10.6 Å². The maximum Gasteiger partial charge on any atom is 0.338 e. The highest BCUT2D eigenvalue weighted by atomic mass is 35.5. The van der Waals surface area contributed by atoms with E-state index in [1.165, 1.54) is 19.2 Å². The first-order chi connectivity index (χ1) is 13.7. The Bertz CT molecular complexity index is 1180. The Labute approximate surface area is 173 Å². The van der Waals surface area contributed by atoms with E-state index in [9.17, 15) is 18.3 Å². The van der Waals surface area contributed by atoms with Crippen LogP contribution in [0.15, 0.2) is 65.6 Å². The molecule has 3 rings (SSSR count). The van der Waals surface area contributed by atoms with Crippen LogP contribution in [0.25, 0.3) is 11.1 Å². The lowest BCUT2D eigenvalue weighted by molar-refractivity contribution is 0.0693. The third-order valence-corrected chi connectivity index (χ3v) is 5.94. The summed E-state index contributed by atoms with van der Waals surface area (Å²) in [5, 5.41) is 9.31. The molecule has 0 spiro atoms. The maximum absolute atomic E-state index is 13.1. The molecule has 0 radical (unpaired) electrons. The minimum atomic E-state index is -4.26. The Hall–Kier alpha value is -3.03. The van der Waals surface area contributed by atoms with E-state index < -0.39 is 26.5 Å². The zero-order valence-corrected chi connectivity index (χ0v) is 17.2. The number of carboxylic acids is 1. The summed E-state index contributed by atoms with van der Waals surface area (Å²) >= 11 is 6.00. The van der Waals surface area contributed by atoms with Crippen molar-refractivity contribution in [3.63, 3.8) is 0 Å². The number of ether oxygens (including phenoxy) is 1. The van der Waals surface area contributed by atoms with Gasteiger partial charge in [0.25, 0.3) is 10.0 Å². The Morgan fingerprint density at radius 1 is 1.03 bits per heavy atom. The lowest BCUT2D eigenvalue weighted by atomic mass is 10.1. The fourth-order valence-corrected chi connectivity index (χ4v) is 4.70. The Morgan fingerprint density at radius 2 is 1.72 bits per heavy atom. The van der Waals surface area contributed by atoms with Gasteiger partial charge in [-0.1, -0.05) is 48.0 Å². The molecule has 8 heteroatoms. The second-order valence-corrected chi connectivity index (χ2v) is 8.37. The Balaban J connectivity index is 2.11. The van der Waals surface area contributed by atoms with Crippen molar-refractivity contribution >= 4 is 33.3 Å². The number of methoxy groups -OCH3 is 1. The fraction of sp³-hybridized carbons (Fsp3) is 0.0952. The average molecular weight is 432 g/mol. The van der Waals surface area contributed by atoms with Crippen molar-refractivity contribution < 1.29 is 23.1 Å². The van der Waals surface area contributed by atoms with Gasteiger partial charge in [0, 0.05) is 0 Å². The fourth-order valence-electron chi connectivity index (χ4n) is 2.93. The molecular formula is C21H18ClNO5S. The first kappa shape index (κ1) is 20.7. The van der Waals surface area contributed by atoms with Gasteiger partial charge in [-0.05, 0) is 47.9 Å². The topological polar surface area (TPSA) is 92.7 Å². The monoisotopic (exact) mass is 431 g/mol. The van der Waals surface area contributed by atoms with Crippen LogP contribution in [0, 0.1) is 6.92 Å². The summed E-state index contributed by atoms with van der Waals surface area (Å²) in [6.07, 6.45) is 0. The molecule has 3 aromatic rings. The highest BCUT2D eigenvalue weighted by Gasteiger charge is 2.26. The second-order valence-electron chi connectivity index (χ2n) is 6.31. The molecule has 0 atom stereocenters. The largest absolute Gasteiger partial charge is 0.495 e. The van der Waals surface area contributed by atoms with Gasteiger partial charge in [-0.2, -0.15) is 0 Å². The molecule has 0 aliphatic heterocycles. The van der Waals surface area contributed by atoms with Crippen molar-refractivity contribution in [1.82, 2.24) is 0 Å². The van der Waals surface area contributed by atoms with Crippen LogP contribution in [0.5, 0.6) is 5.75 Å². The predicted molar refractivity (Wildman–Crippen MR) is 112 cm³/mol. The predicted octanol–water partition coefficient (Wildman–Crippen LogP) is 4.82. The molecule has 0 heterocycles. The summed E-state index contributed by atoms with van der Waals surface area (Å²) < 4.78 is 33.8. The molecule has 150 valence electrons. The third kappa shape index (κ3) is 4.36. The van der Waals surface area contributed by atoms with Crippen LogP contribution in [0.1, 0.15) is 15.9 Å². The minimum absolute atomic E-state index is 0.150. The van der Waals surface area contributed by atoms with Gasteiger partial charge in [0.15, 0.2) is 0 Å². The molecule has 0 amide bonds. The number of anilines is 1. The van der Waals surface area contributed by atoms with E-state index in [4.69, 9.17) is 16.3 Å². The molecule has 0 saturated heterocycles. The number of hydrogen-bond acceptors (Lipinski definition) is 4. The quantitative estimate of drug-likeness (QED) is 0.583. The summed E-state index contributed by atoms with van der Waals surface area (Å²) in [6.45, 7) is 1.63. The molecule has 6 nitrogen and oxygen atoms in total. The maximum atomic E-state index is 13.1. The summed E-state index contributed by atoms with van der Waals surface area (Å²) in [5.41, 5.74) is 1.88. The number of benzene rings is 3. The molecule has 0 aliphatic rings. The van der Waals surface area contributed by atoms with Crippen LogP contribution in [-0.4, -0.2) is 26.6 Å². The number of aromatic carboxylic acids is 1. The average Bonchev–Trinajstić information content (AvgIpc) is 2.67. The highest BCUT2D eigenvalue weighted by Crippen LogP contribution is 2.34. The van der Waals surface area contributed by atoms with Crippen molar-refractivity contribution in [2.75, 3.05) is 11.8 Å². The van der Waals surface area contributed by atoms with Crippen molar-refractivity contribution in [2.45, 2.75) is 11.8 Å². The number of rotatable bonds is 6. The first-order valence-electron chi connectivity index (χ1n) is 8.52. The number of sulfonamides is 1. The van der Waals surface area contributed by atoms with Crippen molar-refractivity contribution in [3.05, 3.63) is 76.8 Å². The third-order valence-electron chi connectivity index (χ3n) is 4.25. The second kappa shape index (κ2) is 8.14. The van der Waals surface area contributed by atoms with Crippen molar-refractivity contribution in [3.8, 4) is 16.9 Å². The van der Waals surface area contributed by atoms with E-state index in [1.807, 2.05) is 30.3 Å². The molecule has 0 saturated carbocycles. The first-order valence-corrected chi connectivity index (χ1v) is 10.4. The molecule has 0 aliphatic carbocycles. The molecule has 0 fully saturated rings.